The molecule has 1 N–H and O–H groups in total. The molecule has 0 fully saturated rings. The van der Waals surface area contributed by atoms with E-state index in [1.54, 1.807) is 30.2 Å². The van der Waals surface area contributed by atoms with Crippen LogP contribution in [0.25, 0.3) is 0 Å². The molecule has 0 spiro atoms. The van der Waals surface area contributed by atoms with Crippen LogP contribution < -0.4 is 9.47 Å². The van der Waals surface area contributed by atoms with Crippen molar-refractivity contribution in [2.45, 2.75) is 13.3 Å². The zero-order valence-corrected chi connectivity index (χ0v) is 11.7. The molecular formula is C14H21NO4. The first-order chi connectivity index (χ1) is 9.17. The van der Waals surface area contributed by atoms with Gasteiger partial charge in [-0.15, -0.1) is 0 Å². The van der Waals surface area contributed by atoms with Crippen molar-refractivity contribution in [3.63, 3.8) is 0 Å². The summed E-state index contributed by atoms with van der Waals surface area (Å²) in [5.74, 6) is 1.02. The van der Waals surface area contributed by atoms with E-state index in [1.165, 1.54) is 7.11 Å². The van der Waals surface area contributed by atoms with Crippen molar-refractivity contribution in [1.82, 2.24) is 4.90 Å². The summed E-state index contributed by atoms with van der Waals surface area (Å²) < 4.78 is 10.3. The number of carbonyl (C=O) groups is 1. The van der Waals surface area contributed by atoms with Gasteiger partial charge in [0.15, 0.2) is 0 Å². The number of aliphatic hydroxyl groups is 1. The second kappa shape index (κ2) is 7.63. The first-order valence-corrected chi connectivity index (χ1v) is 6.30. The molecule has 0 aliphatic rings. The first kappa shape index (κ1) is 15.3. The SMILES string of the molecule is CCN(CCCO)C(=O)c1cc(OC)ccc1OC. The number of benzene rings is 1. The van der Waals surface area contributed by atoms with Gasteiger partial charge in [-0.05, 0) is 31.5 Å². The highest BCUT2D eigenvalue weighted by Gasteiger charge is 2.18. The van der Waals surface area contributed by atoms with Crippen molar-refractivity contribution in [3.05, 3.63) is 23.8 Å². The molecule has 0 unspecified atom stereocenters. The Balaban J connectivity index is 3.01. The van der Waals surface area contributed by atoms with E-state index in [1.807, 2.05) is 6.92 Å². The Morgan fingerprint density at radius 3 is 2.58 bits per heavy atom. The zero-order valence-electron chi connectivity index (χ0n) is 11.7. The Morgan fingerprint density at radius 2 is 2.05 bits per heavy atom. The molecule has 0 aliphatic heterocycles. The van der Waals surface area contributed by atoms with E-state index in [4.69, 9.17) is 14.6 Å². The molecule has 0 bridgehead atoms. The van der Waals surface area contributed by atoms with Crippen molar-refractivity contribution in [2.24, 2.45) is 0 Å². The first-order valence-electron chi connectivity index (χ1n) is 6.30. The molecule has 0 heterocycles. The largest absolute Gasteiger partial charge is 0.497 e. The van der Waals surface area contributed by atoms with Gasteiger partial charge in [0.2, 0.25) is 0 Å². The minimum Gasteiger partial charge on any atom is -0.497 e. The van der Waals surface area contributed by atoms with Crippen LogP contribution in [0.4, 0.5) is 0 Å². The molecular weight excluding hydrogens is 246 g/mol. The minimum atomic E-state index is -0.119. The van der Waals surface area contributed by atoms with Gasteiger partial charge in [0.05, 0.1) is 19.8 Å². The summed E-state index contributed by atoms with van der Waals surface area (Å²) in [4.78, 5) is 14.1. The Labute approximate surface area is 113 Å². The summed E-state index contributed by atoms with van der Waals surface area (Å²) in [6.07, 6.45) is 0.561. The molecule has 0 aliphatic carbocycles. The third-order valence-electron chi connectivity index (χ3n) is 2.89. The molecule has 19 heavy (non-hydrogen) atoms. The molecule has 0 saturated carbocycles. The second-order valence-electron chi connectivity index (χ2n) is 4.03. The van der Waals surface area contributed by atoms with E-state index in [0.29, 0.717) is 36.6 Å². The van der Waals surface area contributed by atoms with E-state index >= 15 is 0 Å². The Morgan fingerprint density at radius 1 is 1.32 bits per heavy atom. The predicted octanol–water partition coefficient (Wildman–Crippen LogP) is 1.55. The van der Waals surface area contributed by atoms with Crippen LogP contribution in [-0.2, 0) is 0 Å². The summed E-state index contributed by atoms with van der Waals surface area (Å²) in [5.41, 5.74) is 0.474. The number of carbonyl (C=O) groups excluding carboxylic acids is 1. The third kappa shape index (κ3) is 3.86. The van der Waals surface area contributed by atoms with E-state index < -0.39 is 0 Å². The quantitative estimate of drug-likeness (QED) is 0.814. The maximum atomic E-state index is 12.4. The van der Waals surface area contributed by atoms with Gasteiger partial charge in [0.1, 0.15) is 11.5 Å². The lowest BCUT2D eigenvalue weighted by atomic mass is 10.1. The molecule has 0 aromatic heterocycles. The summed E-state index contributed by atoms with van der Waals surface area (Å²) in [7, 11) is 3.09. The van der Waals surface area contributed by atoms with Crippen LogP contribution in [0.15, 0.2) is 18.2 Å². The Bertz CT molecular complexity index is 420. The van der Waals surface area contributed by atoms with Crippen LogP contribution >= 0.6 is 0 Å². The van der Waals surface area contributed by atoms with Gasteiger partial charge in [-0.2, -0.15) is 0 Å². The van der Waals surface area contributed by atoms with Gasteiger partial charge in [0.25, 0.3) is 5.91 Å². The van der Waals surface area contributed by atoms with Crippen molar-refractivity contribution < 1.29 is 19.4 Å². The van der Waals surface area contributed by atoms with Gasteiger partial charge in [-0.25, -0.2) is 0 Å². The fraction of sp³-hybridized carbons (Fsp3) is 0.500. The van der Waals surface area contributed by atoms with Crippen LogP contribution in [0.5, 0.6) is 11.5 Å². The van der Waals surface area contributed by atoms with Gasteiger partial charge >= 0.3 is 0 Å². The van der Waals surface area contributed by atoms with Crippen molar-refractivity contribution in [3.8, 4) is 11.5 Å². The van der Waals surface area contributed by atoms with E-state index in [9.17, 15) is 4.79 Å². The van der Waals surface area contributed by atoms with E-state index in [-0.39, 0.29) is 12.5 Å². The molecule has 0 saturated heterocycles. The number of nitrogens with zero attached hydrogens (tertiary/aromatic N) is 1. The van der Waals surface area contributed by atoms with Crippen molar-refractivity contribution in [2.75, 3.05) is 33.9 Å². The lowest BCUT2D eigenvalue weighted by molar-refractivity contribution is 0.0750. The average Bonchev–Trinajstić information content (AvgIpc) is 2.47. The fourth-order valence-corrected chi connectivity index (χ4v) is 1.82. The minimum absolute atomic E-state index is 0.0685. The van der Waals surface area contributed by atoms with Crippen LogP contribution in [0, 0.1) is 0 Å². The standard InChI is InChI=1S/C14H21NO4/c1-4-15(8-5-9-16)14(17)12-10-11(18-2)6-7-13(12)19-3/h6-7,10,16H,4-5,8-9H2,1-3H3. The van der Waals surface area contributed by atoms with Crippen molar-refractivity contribution >= 4 is 5.91 Å². The summed E-state index contributed by atoms with van der Waals surface area (Å²) in [6, 6.07) is 5.13. The lowest BCUT2D eigenvalue weighted by Gasteiger charge is -2.21. The Hall–Kier alpha value is -1.75. The third-order valence-corrected chi connectivity index (χ3v) is 2.89. The number of methoxy groups -OCH3 is 2. The molecule has 1 rings (SSSR count). The molecule has 5 nitrogen and oxygen atoms in total. The maximum Gasteiger partial charge on any atom is 0.257 e. The number of hydrogen-bond donors (Lipinski definition) is 1. The molecule has 0 radical (unpaired) electrons. The highest BCUT2D eigenvalue weighted by Crippen LogP contribution is 2.25. The van der Waals surface area contributed by atoms with Crippen LogP contribution in [0.2, 0.25) is 0 Å². The van der Waals surface area contributed by atoms with E-state index in [2.05, 4.69) is 0 Å². The van der Waals surface area contributed by atoms with Crippen LogP contribution in [0.3, 0.4) is 0 Å². The number of rotatable bonds is 7. The van der Waals surface area contributed by atoms with Gasteiger partial charge < -0.3 is 19.5 Å². The molecule has 1 aromatic rings. The summed E-state index contributed by atoms with van der Waals surface area (Å²) in [6.45, 7) is 3.08. The topological polar surface area (TPSA) is 59.0 Å². The monoisotopic (exact) mass is 267 g/mol. The van der Waals surface area contributed by atoms with Crippen LogP contribution in [0.1, 0.15) is 23.7 Å². The number of amides is 1. The number of aliphatic hydroxyl groups excluding tert-OH is 1. The molecule has 5 heteroatoms. The lowest BCUT2D eigenvalue weighted by Crippen LogP contribution is -2.32. The molecule has 1 amide bonds. The second-order valence-corrected chi connectivity index (χ2v) is 4.03. The smallest absolute Gasteiger partial charge is 0.257 e. The highest BCUT2D eigenvalue weighted by molar-refractivity contribution is 5.97. The van der Waals surface area contributed by atoms with Gasteiger partial charge in [0, 0.05) is 19.7 Å². The number of ether oxygens (including phenoxy) is 2. The average molecular weight is 267 g/mol. The summed E-state index contributed by atoms with van der Waals surface area (Å²) >= 11 is 0. The summed E-state index contributed by atoms with van der Waals surface area (Å²) in [5, 5.41) is 8.86. The van der Waals surface area contributed by atoms with Crippen molar-refractivity contribution in [1.29, 1.82) is 0 Å². The number of hydrogen-bond acceptors (Lipinski definition) is 4. The molecule has 1 aromatic carbocycles. The zero-order chi connectivity index (χ0) is 14.3. The maximum absolute atomic E-state index is 12.4. The van der Waals surface area contributed by atoms with E-state index in [0.717, 1.165) is 0 Å². The van der Waals surface area contributed by atoms with Gasteiger partial charge in [-0.1, -0.05) is 0 Å². The predicted molar refractivity (Wildman–Crippen MR) is 72.8 cm³/mol. The molecule has 106 valence electrons. The highest BCUT2D eigenvalue weighted by atomic mass is 16.5. The Kier molecular flexibility index (Phi) is 6.15. The normalized spacial score (nSPS) is 10.1. The fourth-order valence-electron chi connectivity index (χ4n) is 1.82. The van der Waals surface area contributed by atoms with Gasteiger partial charge in [-0.3, -0.25) is 4.79 Å². The van der Waals surface area contributed by atoms with Crippen LogP contribution in [-0.4, -0.2) is 49.8 Å². The molecule has 0 atom stereocenters.